The number of anilines is 1. The number of nitrogens with one attached hydrogen (secondary N) is 1. The molecule has 0 saturated carbocycles. The first-order valence-corrected chi connectivity index (χ1v) is 5.86. The zero-order valence-electron chi connectivity index (χ0n) is 9.49. The van der Waals surface area contributed by atoms with Gasteiger partial charge in [0.05, 0.1) is 0 Å². The van der Waals surface area contributed by atoms with E-state index in [1.807, 2.05) is 42.5 Å². The van der Waals surface area contributed by atoms with E-state index in [1.165, 1.54) is 0 Å². The topological polar surface area (TPSA) is 12.0 Å². The van der Waals surface area contributed by atoms with E-state index < -0.39 is 0 Å². The van der Waals surface area contributed by atoms with Crippen molar-refractivity contribution in [2.45, 2.75) is 0 Å². The molecule has 2 aromatic carbocycles. The standard InChI is InChI=1S/C15H14ClN/c1-12(13-6-3-2-4-7-13)11-17-15-9-5-8-14(16)10-15/h2-10,17H,1,11H2. The summed E-state index contributed by atoms with van der Waals surface area (Å²) >= 11 is 5.91. The quantitative estimate of drug-likeness (QED) is 0.836. The summed E-state index contributed by atoms with van der Waals surface area (Å²) in [4.78, 5) is 0. The monoisotopic (exact) mass is 243 g/mol. The highest BCUT2D eigenvalue weighted by atomic mass is 35.5. The Morgan fingerprint density at radius 3 is 2.53 bits per heavy atom. The van der Waals surface area contributed by atoms with E-state index in [2.05, 4.69) is 24.0 Å². The van der Waals surface area contributed by atoms with E-state index in [0.29, 0.717) is 6.54 Å². The van der Waals surface area contributed by atoms with E-state index >= 15 is 0 Å². The first-order chi connectivity index (χ1) is 8.25. The molecule has 0 atom stereocenters. The van der Waals surface area contributed by atoms with Gasteiger partial charge in [0.1, 0.15) is 0 Å². The van der Waals surface area contributed by atoms with Crippen LogP contribution >= 0.6 is 11.6 Å². The Hall–Kier alpha value is -1.73. The summed E-state index contributed by atoms with van der Waals surface area (Å²) < 4.78 is 0. The van der Waals surface area contributed by atoms with Crippen molar-refractivity contribution in [2.24, 2.45) is 0 Å². The third kappa shape index (κ3) is 3.36. The first-order valence-electron chi connectivity index (χ1n) is 5.48. The second kappa shape index (κ2) is 5.55. The van der Waals surface area contributed by atoms with Crippen molar-refractivity contribution in [3.63, 3.8) is 0 Å². The Balaban J connectivity index is 1.97. The van der Waals surface area contributed by atoms with E-state index in [-0.39, 0.29) is 0 Å². The second-order valence-electron chi connectivity index (χ2n) is 3.83. The number of rotatable bonds is 4. The van der Waals surface area contributed by atoms with Crippen LogP contribution in [0.2, 0.25) is 5.02 Å². The molecule has 86 valence electrons. The highest BCUT2D eigenvalue weighted by molar-refractivity contribution is 6.30. The number of hydrogen-bond acceptors (Lipinski definition) is 1. The van der Waals surface area contributed by atoms with Crippen LogP contribution in [0.5, 0.6) is 0 Å². The molecule has 0 aromatic heterocycles. The van der Waals surface area contributed by atoms with Crippen molar-refractivity contribution in [2.75, 3.05) is 11.9 Å². The fraction of sp³-hybridized carbons (Fsp3) is 0.0667. The summed E-state index contributed by atoms with van der Waals surface area (Å²) in [6, 6.07) is 17.8. The molecule has 0 aliphatic heterocycles. The zero-order chi connectivity index (χ0) is 12.1. The van der Waals surface area contributed by atoms with Gasteiger partial charge < -0.3 is 5.32 Å². The van der Waals surface area contributed by atoms with Gasteiger partial charge in [-0.25, -0.2) is 0 Å². The van der Waals surface area contributed by atoms with Crippen molar-refractivity contribution >= 4 is 22.9 Å². The van der Waals surface area contributed by atoms with Crippen LogP contribution in [0, 0.1) is 0 Å². The maximum atomic E-state index is 5.91. The highest BCUT2D eigenvalue weighted by Gasteiger charge is 1.98. The van der Waals surface area contributed by atoms with Gasteiger partial charge in [0.2, 0.25) is 0 Å². The Labute approximate surface area is 107 Å². The summed E-state index contributed by atoms with van der Waals surface area (Å²) in [5.41, 5.74) is 3.22. The third-order valence-electron chi connectivity index (χ3n) is 2.51. The van der Waals surface area contributed by atoms with Gasteiger partial charge in [-0.1, -0.05) is 54.6 Å². The minimum Gasteiger partial charge on any atom is -0.381 e. The van der Waals surface area contributed by atoms with Crippen LogP contribution in [-0.4, -0.2) is 6.54 Å². The number of benzene rings is 2. The van der Waals surface area contributed by atoms with Crippen LogP contribution in [0.1, 0.15) is 5.56 Å². The van der Waals surface area contributed by atoms with Gasteiger partial charge in [0.15, 0.2) is 0 Å². The van der Waals surface area contributed by atoms with Crippen LogP contribution in [0.15, 0.2) is 61.2 Å². The van der Waals surface area contributed by atoms with E-state index in [9.17, 15) is 0 Å². The summed E-state index contributed by atoms with van der Waals surface area (Å²) in [5.74, 6) is 0. The molecular formula is C15H14ClN. The minimum atomic E-state index is 0.713. The fourth-order valence-corrected chi connectivity index (χ4v) is 1.77. The van der Waals surface area contributed by atoms with Crippen molar-refractivity contribution in [3.05, 3.63) is 71.8 Å². The molecule has 1 nitrogen and oxygen atoms in total. The maximum absolute atomic E-state index is 5.91. The fourth-order valence-electron chi connectivity index (χ4n) is 1.58. The number of hydrogen-bond donors (Lipinski definition) is 1. The SMILES string of the molecule is C=C(CNc1cccc(Cl)c1)c1ccccc1. The minimum absolute atomic E-state index is 0.713. The van der Waals surface area contributed by atoms with Gasteiger partial charge in [-0.05, 0) is 29.3 Å². The normalized spacial score (nSPS) is 9.94. The number of halogens is 1. The summed E-state index contributed by atoms with van der Waals surface area (Å²) in [6.07, 6.45) is 0. The van der Waals surface area contributed by atoms with Crippen molar-refractivity contribution < 1.29 is 0 Å². The zero-order valence-corrected chi connectivity index (χ0v) is 10.2. The Bertz CT molecular complexity index is 505. The molecule has 0 aliphatic rings. The van der Waals surface area contributed by atoms with Crippen molar-refractivity contribution in [1.82, 2.24) is 0 Å². The predicted molar refractivity (Wildman–Crippen MR) is 75.4 cm³/mol. The molecule has 1 N–H and O–H groups in total. The van der Waals surface area contributed by atoms with Gasteiger partial charge in [0.25, 0.3) is 0 Å². The molecule has 0 radical (unpaired) electrons. The van der Waals surface area contributed by atoms with Crippen LogP contribution in [0.25, 0.3) is 5.57 Å². The maximum Gasteiger partial charge on any atom is 0.0426 e. The molecule has 2 rings (SSSR count). The van der Waals surface area contributed by atoms with Crippen LogP contribution < -0.4 is 5.32 Å². The molecule has 0 spiro atoms. The van der Waals surface area contributed by atoms with Crippen molar-refractivity contribution in [1.29, 1.82) is 0 Å². The molecule has 0 saturated heterocycles. The summed E-state index contributed by atoms with van der Waals surface area (Å²) in [7, 11) is 0. The Morgan fingerprint density at radius 1 is 1.06 bits per heavy atom. The lowest BCUT2D eigenvalue weighted by molar-refractivity contribution is 1.34. The molecule has 0 aliphatic carbocycles. The van der Waals surface area contributed by atoms with Gasteiger partial charge in [-0.2, -0.15) is 0 Å². The van der Waals surface area contributed by atoms with Crippen LogP contribution in [0.4, 0.5) is 5.69 Å². The second-order valence-corrected chi connectivity index (χ2v) is 4.27. The van der Waals surface area contributed by atoms with E-state index in [4.69, 9.17) is 11.6 Å². The summed E-state index contributed by atoms with van der Waals surface area (Å²) in [6.45, 7) is 4.78. The molecule has 0 unspecified atom stereocenters. The van der Waals surface area contributed by atoms with Gasteiger partial charge in [-0.3, -0.25) is 0 Å². The molecule has 17 heavy (non-hydrogen) atoms. The van der Waals surface area contributed by atoms with Crippen molar-refractivity contribution in [3.8, 4) is 0 Å². The lowest BCUT2D eigenvalue weighted by atomic mass is 10.1. The molecule has 0 heterocycles. The van der Waals surface area contributed by atoms with Gasteiger partial charge in [-0.15, -0.1) is 0 Å². The molecule has 0 fully saturated rings. The smallest absolute Gasteiger partial charge is 0.0426 e. The lowest BCUT2D eigenvalue weighted by Gasteiger charge is -2.09. The van der Waals surface area contributed by atoms with Gasteiger partial charge in [0, 0.05) is 17.3 Å². The average Bonchev–Trinajstić information content (AvgIpc) is 2.37. The van der Waals surface area contributed by atoms with E-state index in [1.54, 1.807) is 0 Å². The first kappa shape index (κ1) is 11.7. The average molecular weight is 244 g/mol. The molecule has 2 aromatic rings. The van der Waals surface area contributed by atoms with Crippen LogP contribution in [0.3, 0.4) is 0 Å². The molecule has 0 amide bonds. The highest BCUT2D eigenvalue weighted by Crippen LogP contribution is 2.17. The molecule has 2 heteroatoms. The summed E-state index contributed by atoms with van der Waals surface area (Å²) in [5, 5.41) is 4.04. The molecular weight excluding hydrogens is 230 g/mol. The lowest BCUT2D eigenvalue weighted by Crippen LogP contribution is -2.03. The Kier molecular flexibility index (Phi) is 3.84. The predicted octanol–water partition coefficient (Wildman–Crippen LogP) is 4.47. The van der Waals surface area contributed by atoms with Crippen LogP contribution in [-0.2, 0) is 0 Å². The van der Waals surface area contributed by atoms with E-state index in [0.717, 1.165) is 21.8 Å². The van der Waals surface area contributed by atoms with Gasteiger partial charge >= 0.3 is 0 Å². The Morgan fingerprint density at radius 2 is 1.82 bits per heavy atom. The third-order valence-corrected chi connectivity index (χ3v) is 2.75. The largest absolute Gasteiger partial charge is 0.381 e. The molecule has 0 bridgehead atoms.